The Morgan fingerprint density at radius 2 is 2.30 bits per heavy atom. The Kier molecular flexibility index (Phi) is 3.18. The minimum atomic E-state index is -0.132. The van der Waals surface area contributed by atoms with E-state index in [1.165, 1.54) is 0 Å². The molecular weight excluding hydrogens is 252 g/mol. The van der Waals surface area contributed by atoms with Gasteiger partial charge in [0.1, 0.15) is 5.69 Å². The number of carbonyl (C=O) groups excluding carboxylic acids is 1. The Morgan fingerprint density at radius 3 is 2.95 bits per heavy atom. The molecule has 20 heavy (non-hydrogen) atoms. The van der Waals surface area contributed by atoms with Crippen molar-refractivity contribution in [3.05, 3.63) is 48.0 Å². The van der Waals surface area contributed by atoms with Crippen LogP contribution in [0.4, 0.5) is 5.69 Å². The zero-order valence-corrected chi connectivity index (χ0v) is 11.4. The van der Waals surface area contributed by atoms with E-state index in [-0.39, 0.29) is 11.9 Å². The smallest absolute Gasteiger partial charge is 0.268 e. The lowest BCUT2D eigenvalue weighted by molar-refractivity contribution is 0.0929. The van der Waals surface area contributed by atoms with E-state index in [1.807, 2.05) is 35.9 Å². The van der Waals surface area contributed by atoms with Gasteiger partial charge < -0.3 is 15.6 Å². The Bertz CT molecular complexity index is 616. The zero-order valence-electron chi connectivity index (χ0n) is 11.4. The maximum Gasteiger partial charge on any atom is 0.268 e. The molecule has 3 N–H and O–H groups in total. The van der Waals surface area contributed by atoms with E-state index in [0.717, 1.165) is 18.5 Å². The number of pyridine rings is 1. The van der Waals surface area contributed by atoms with Crippen LogP contribution in [-0.4, -0.2) is 15.5 Å². The highest BCUT2D eigenvalue weighted by atomic mass is 16.2. The molecule has 2 heterocycles. The number of hydrogen-bond acceptors (Lipinski definition) is 3. The first-order valence-electron chi connectivity index (χ1n) is 6.84. The molecule has 1 fully saturated rings. The van der Waals surface area contributed by atoms with Crippen molar-refractivity contribution in [3.8, 4) is 0 Å². The second kappa shape index (κ2) is 5.00. The quantitative estimate of drug-likeness (QED) is 0.895. The third-order valence-corrected chi connectivity index (χ3v) is 3.52. The Morgan fingerprint density at radius 1 is 1.50 bits per heavy atom. The van der Waals surface area contributed by atoms with E-state index in [2.05, 4.69) is 10.3 Å². The number of nitrogens with zero attached hydrogens (tertiary/aromatic N) is 2. The Hall–Kier alpha value is -2.30. The molecule has 2 aromatic heterocycles. The van der Waals surface area contributed by atoms with Crippen molar-refractivity contribution in [3.63, 3.8) is 0 Å². The fourth-order valence-corrected chi connectivity index (χ4v) is 2.31. The molecule has 5 nitrogen and oxygen atoms in total. The largest absolute Gasteiger partial charge is 0.397 e. The molecule has 3 rings (SSSR count). The van der Waals surface area contributed by atoms with Gasteiger partial charge in [-0.2, -0.15) is 0 Å². The molecule has 2 aromatic rings. The number of amides is 1. The van der Waals surface area contributed by atoms with Crippen LogP contribution in [0, 0.1) is 0 Å². The van der Waals surface area contributed by atoms with Gasteiger partial charge >= 0.3 is 0 Å². The normalized spacial score (nSPS) is 15.8. The van der Waals surface area contributed by atoms with Crippen LogP contribution in [0.1, 0.15) is 48.0 Å². The second-order valence-electron chi connectivity index (χ2n) is 5.25. The molecule has 0 aliphatic heterocycles. The van der Waals surface area contributed by atoms with E-state index in [0.29, 0.717) is 17.4 Å². The fourth-order valence-electron chi connectivity index (χ4n) is 2.31. The standard InChI is InChI=1S/C15H18N4O/c1-10(13-4-2-3-7-17-13)18-15(20)14-8-11(16)9-19(14)12-5-6-12/h2-4,7-10,12H,5-6,16H2,1H3,(H,18,20). The summed E-state index contributed by atoms with van der Waals surface area (Å²) in [5, 5.41) is 2.97. The van der Waals surface area contributed by atoms with Gasteiger partial charge in [-0.3, -0.25) is 9.78 Å². The minimum absolute atomic E-state index is 0.105. The van der Waals surface area contributed by atoms with Gasteiger partial charge in [-0.15, -0.1) is 0 Å². The predicted octanol–water partition coefficient (Wildman–Crippen LogP) is 2.29. The molecular formula is C15H18N4O. The summed E-state index contributed by atoms with van der Waals surface area (Å²) in [4.78, 5) is 16.6. The lowest BCUT2D eigenvalue weighted by atomic mass is 10.2. The molecule has 0 bridgehead atoms. The summed E-state index contributed by atoms with van der Waals surface area (Å²) >= 11 is 0. The van der Waals surface area contributed by atoms with Gasteiger partial charge in [-0.1, -0.05) is 6.07 Å². The van der Waals surface area contributed by atoms with Gasteiger partial charge in [0.2, 0.25) is 0 Å². The summed E-state index contributed by atoms with van der Waals surface area (Å²) in [7, 11) is 0. The van der Waals surface area contributed by atoms with E-state index < -0.39 is 0 Å². The van der Waals surface area contributed by atoms with Crippen molar-refractivity contribution in [2.24, 2.45) is 0 Å². The van der Waals surface area contributed by atoms with Gasteiger partial charge in [0.25, 0.3) is 5.91 Å². The molecule has 104 valence electrons. The molecule has 1 aliphatic rings. The van der Waals surface area contributed by atoms with Crippen LogP contribution < -0.4 is 11.1 Å². The lowest BCUT2D eigenvalue weighted by Gasteiger charge is -2.14. The van der Waals surface area contributed by atoms with E-state index in [4.69, 9.17) is 5.73 Å². The van der Waals surface area contributed by atoms with Crippen LogP contribution >= 0.6 is 0 Å². The number of anilines is 1. The van der Waals surface area contributed by atoms with E-state index in [9.17, 15) is 4.79 Å². The molecule has 0 saturated heterocycles. The minimum Gasteiger partial charge on any atom is -0.397 e. The highest BCUT2D eigenvalue weighted by Crippen LogP contribution is 2.37. The molecule has 1 saturated carbocycles. The first-order chi connectivity index (χ1) is 9.65. The topological polar surface area (TPSA) is 72.9 Å². The van der Waals surface area contributed by atoms with Crippen LogP contribution in [0.25, 0.3) is 0 Å². The summed E-state index contributed by atoms with van der Waals surface area (Å²) < 4.78 is 1.98. The monoisotopic (exact) mass is 270 g/mol. The number of rotatable bonds is 4. The van der Waals surface area contributed by atoms with Crippen LogP contribution in [0.15, 0.2) is 36.7 Å². The predicted molar refractivity (Wildman–Crippen MR) is 77.2 cm³/mol. The summed E-state index contributed by atoms with van der Waals surface area (Å²) in [5.41, 5.74) is 7.92. The molecule has 0 aromatic carbocycles. The summed E-state index contributed by atoms with van der Waals surface area (Å²) in [6.45, 7) is 1.92. The van der Waals surface area contributed by atoms with Crippen LogP contribution in [0.5, 0.6) is 0 Å². The SMILES string of the molecule is CC(NC(=O)c1cc(N)cn1C1CC1)c1ccccn1. The first kappa shape index (κ1) is 12.7. The third kappa shape index (κ3) is 2.52. The number of nitrogens with one attached hydrogen (secondary N) is 1. The molecule has 1 unspecified atom stereocenters. The molecule has 0 radical (unpaired) electrons. The maximum atomic E-state index is 12.4. The highest BCUT2D eigenvalue weighted by Gasteiger charge is 2.28. The maximum absolute atomic E-state index is 12.4. The van der Waals surface area contributed by atoms with Gasteiger partial charge in [0.05, 0.1) is 17.4 Å². The molecule has 1 atom stereocenters. The highest BCUT2D eigenvalue weighted by molar-refractivity contribution is 5.94. The van der Waals surface area contributed by atoms with Gasteiger partial charge in [0, 0.05) is 18.4 Å². The van der Waals surface area contributed by atoms with Crippen molar-refractivity contribution in [1.82, 2.24) is 14.9 Å². The summed E-state index contributed by atoms with van der Waals surface area (Å²) in [6, 6.07) is 7.70. The van der Waals surface area contributed by atoms with Crippen molar-refractivity contribution in [2.45, 2.75) is 31.8 Å². The van der Waals surface area contributed by atoms with Crippen molar-refractivity contribution in [2.75, 3.05) is 5.73 Å². The van der Waals surface area contributed by atoms with Crippen molar-refractivity contribution >= 4 is 11.6 Å². The van der Waals surface area contributed by atoms with Crippen LogP contribution in [0.3, 0.4) is 0 Å². The molecule has 5 heteroatoms. The Balaban J connectivity index is 1.76. The Labute approximate surface area is 117 Å². The number of nitrogens with two attached hydrogens (primary N) is 1. The number of hydrogen-bond donors (Lipinski definition) is 2. The molecule has 1 amide bonds. The number of carbonyl (C=O) groups is 1. The molecule has 0 spiro atoms. The number of nitrogen functional groups attached to an aromatic ring is 1. The van der Waals surface area contributed by atoms with Gasteiger partial charge in [0.15, 0.2) is 0 Å². The van der Waals surface area contributed by atoms with Crippen LogP contribution in [-0.2, 0) is 0 Å². The first-order valence-corrected chi connectivity index (χ1v) is 6.84. The van der Waals surface area contributed by atoms with Crippen molar-refractivity contribution < 1.29 is 4.79 Å². The van der Waals surface area contributed by atoms with Gasteiger partial charge in [-0.25, -0.2) is 0 Å². The van der Waals surface area contributed by atoms with Crippen molar-refractivity contribution in [1.29, 1.82) is 0 Å². The van der Waals surface area contributed by atoms with Crippen LogP contribution in [0.2, 0.25) is 0 Å². The summed E-state index contributed by atoms with van der Waals surface area (Å²) in [6.07, 6.45) is 5.80. The molecule has 1 aliphatic carbocycles. The average Bonchev–Trinajstić information content (AvgIpc) is 3.22. The van der Waals surface area contributed by atoms with E-state index >= 15 is 0 Å². The third-order valence-electron chi connectivity index (χ3n) is 3.52. The average molecular weight is 270 g/mol. The lowest BCUT2D eigenvalue weighted by Crippen LogP contribution is -2.28. The summed E-state index contributed by atoms with van der Waals surface area (Å²) in [5.74, 6) is -0.105. The van der Waals surface area contributed by atoms with Gasteiger partial charge in [-0.05, 0) is 38.0 Å². The van der Waals surface area contributed by atoms with E-state index in [1.54, 1.807) is 12.3 Å². The number of aromatic nitrogens is 2. The zero-order chi connectivity index (χ0) is 14.1. The fraction of sp³-hybridized carbons (Fsp3) is 0.333. The second-order valence-corrected chi connectivity index (χ2v) is 5.25.